The number of fused-ring (bicyclic) bond motifs is 1. The molecular weight excluding hydrogens is 452 g/mol. The van der Waals surface area contributed by atoms with Gasteiger partial charge in [0.1, 0.15) is 11.6 Å². The molecule has 0 aliphatic carbocycles. The summed E-state index contributed by atoms with van der Waals surface area (Å²) >= 11 is 0. The van der Waals surface area contributed by atoms with E-state index in [9.17, 15) is 22.0 Å². The third kappa shape index (κ3) is 4.56. The number of hydrogen-bond donors (Lipinski definition) is 1. The van der Waals surface area contributed by atoms with E-state index in [1.165, 1.54) is 42.1 Å². The second kappa shape index (κ2) is 8.62. The number of benzene rings is 2. The van der Waals surface area contributed by atoms with Gasteiger partial charge in [-0.25, -0.2) is 17.2 Å². The highest BCUT2D eigenvalue weighted by Crippen LogP contribution is 2.39. The van der Waals surface area contributed by atoms with E-state index in [4.69, 9.17) is 4.74 Å². The third-order valence-corrected chi connectivity index (χ3v) is 6.33. The SMILES string of the molecule is CCS(=O)(=O)Nc1ccc(Oc2ccc(F)cc2F)c(-c2cn(C)c(=O)c3cnccc23)c1. The Morgan fingerprint density at radius 3 is 2.52 bits per heavy atom. The van der Waals surface area contributed by atoms with Crippen molar-refractivity contribution in [2.24, 2.45) is 7.05 Å². The lowest BCUT2D eigenvalue weighted by Crippen LogP contribution is -2.17. The summed E-state index contributed by atoms with van der Waals surface area (Å²) in [6.45, 7) is 1.51. The van der Waals surface area contributed by atoms with E-state index in [1.54, 1.807) is 19.3 Å². The van der Waals surface area contributed by atoms with Crippen molar-refractivity contribution in [2.75, 3.05) is 10.5 Å². The van der Waals surface area contributed by atoms with E-state index in [2.05, 4.69) is 9.71 Å². The first kappa shape index (κ1) is 22.4. The summed E-state index contributed by atoms with van der Waals surface area (Å²) in [5.74, 6) is -1.81. The van der Waals surface area contributed by atoms with Gasteiger partial charge in [0.05, 0.1) is 11.1 Å². The molecule has 0 fully saturated rings. The Morgan fingerprint density at radius 1 is 1.03 bits per heavy atom. The molecule has 0 bridgehead atoms. The minimum atomic E-state index is -3.57. The topological polar surface area (TPSA) is 90.3 Å². The second-order valence-electron chi connectivity index (χ2n) is 7.27. The molecule has 0 saturated heterocycles. The molecule has 0 aliphatic heterocycles. The van der Waals surface area contributed by atoms with Gasteiger partial charge in [-0.3, -0.25) is 14.5 Å². The normalized spacial score (nSPS) is 11.5. The predicted octanol–water partition coefficient (Wildman–Crippen LogP) is 4.43. The molecule has 1 N–H and O–H groups in total. The summed E-state index contributed by atoms with van der Waals surface area (Å²) in [4.78, 5) is 16.6. The molecule has 0 atom stereocenters. The summed E-state index contributed by atoms with van der Waals surface area (Å²) in [5, 5.41) is 0.893. The van der Waals surface area contributed by atoms with Crippen molar-refractivity contribution in [3.05, 3.63) is 83.0 Å². The quantitative estimate of drug-likeness (QED) is 0.449. The van der Waals surface area contributed by atoms with Crippen LogP contribution < -0.4 is 15.0 Å². The zero-order valence-corrected chi connectivity index (χ0v) is 18.5. The predicted molar refractivity (Wildman–Crippen MR) is 122 cm³/mol. The lowest BCUT2D eigenvalue weighted by atomic mass is 10.0. The van der Waals surface area contributed by atoms with E-state index in [1.807, 2.05) is 0 Å². The molecule has 2 aromatic heterocycles. The fraction of sp³-hybridized carbons (Fsp3) is 0.130. The van der Waals surface area contributed by atoms with Gasteiger partial charge in [0, 0.05) is 48.5 Å². The lowest BCUT2D eigenvalue weighted by molar-refractivity contribution is 0.439. The van der Waals surface area contributed by atoms with Crippen molar-refractivity contribution in [1.29, 1.82) is 0 Å². The minimum absolute atomic E-state index is 0.129. The highest BCUT2D eigenvalue weighted by Gasteiger charge is 2.17. The lowest BCUT2D eigenvalue weighted by Gasteiger charge is -2.16. The highest BCUT2D eigenvalue weighted by atomic mass is 32.2. The molecule has 7 nitrogen and oxygen atoms in total. The van der Waals surface area contributed by atoms with E-state index in [-0.39, 0.29) is 28.5 Å². The van der Waals surface area contributed by atoms with Crippen molar-refractivity contribution >= 4 is 26.5 Å². The van der Waals surface area contributed by atoms with Crippen LogP contribution in [0, 0.1) is 11.6 Å². The molecule has 33 heavy (non-hydrogen) atoms. The average molecular weight is 471 g/mol. The standard InChI is InChI=1S/C23H19F2N3O4S/c1-3-33(30,31)27-15-5-7-21(32-22-6-4-14(24)10-20(22)25)17(11-15)19-13-28(2)23(29)18-12-26-9-8-16(18)19/h4-13,27H,3H2,1-2H3. The third-order valence-electron chi connectivity index (χ3n) is 5.02. The number of sulfonamides is 1. The fourth-order valence-electron chi connectivity index (χ4n) is 3.35. The molecule has 0 spiro atoms. The first-order valence-electron chi connectivity index (χ1n) is 9.89. The van der Waals surface area contributed by atoms with Crippen molar-refractivity contribution in [3.8, 4) is 22.6 Å². The van der Waals surface area contributed by atoms with Crippen LogP contribution in [-0.2, 0) is 17.1 Å². The van der Waals surface area contributed by atoms with Crippen LogP contribution >= 0.6 is 0 Å². The summed E-state index contributed by atoms with van der Waals surface area (Å²) in [6.07, 6.45) is 4.53. The van der Waals surface area contributed by atoms with Crippen molar-refractivity contribution < 1.29 is 21.9 Å². The maximum atomic E-state index is 14.3. The Bertz CT molecular complexity index is 1540. The molecule has 0 aliphatic rings. The maximum Gasteiger partial charge on any atom is 0.259 e. The van der Waals surface area contributed by atoms with Crippen LogP contribution in [0.5, 0.6) is 11.5 Å². The van der Waals surface area contributed by atoms with Gasteiger partial charge in [0.2, 0.25) is 10.0 Å². The van der Waals surface area contributed by atoms with Crippen LogP contribution in [0.4, 0.5) is 14.5 Å². The second-order valence-corrected chi connectivity index (χ2v) is 9.28. The Labute approximate surface area is 188 Å². The average Bonchev–Trinajstić information content (AvgIpc) is 2.79. The zero-order chi connectivity index (χ0) is 23.8. The molecule has 0 radical (unpaired) electrons. The number of rotatable bonds is 6. The Kier molecular flexibility index (Phi) is 5.86. The van der Waals surface area contributed by atoms with Crippen LogP contribution in [-0.4, -0.2) is 23.7 Å². The molecular formula is C23H19F2N3O4S. The first-order chi connectivity index (χ1) is 15.7. The van der Waals surface area contributed by atoms with Gasteiger partial charge in [-0.05, 0) is 48.7 Å². The van der Waals surface area contributed by atoms with Crippen LogP contribution in [0.3, 0.4) is 0 Å². The number of halogens is 2. The van der Waals surface area contributed by atoms with E-state index in [0.29, 0.717) is 28.0 Å². The van der Waals surface area contributed by atoms with Gasteiger partial charge < -0.3 is 9.30 Å². The molecule has 0 unspecified atom stereocenters. The molecule has 4 aromatic rings. The molecule has 0 saturated carbocycles. The number of hydrogen-bond acceptors (Lipinski definition) is 5. The Hall–Kier alpha value is -3.79. The Balaban J connectivity index is 1.95. The summed E-state index contributed by atoms with van der Waals surface area (Å²) < 4.78 is 61.4. The Morgan fingerprint density at radius 2 is 1.79 bits per heavy atom. The maximum absolute atomic E-state index is 14.3. The zero-order valence-electron chi connectivity index (χ0n) is 17.7. The van der Waals surface area contributed by atoms with E-state index < -0.39 is 21.7 Å². The summed E-state index contributed by atoms with van der Waals surface area (Å²) in [7, 11) is -2.00. The van der Waals surface area contributed by atoms with E-state index >= 15 is 0 Å². The van der Waals surface area contributed by atoms with Crippen LogP contribution in [0.15, 0.2) is 65.8 Å². The number of nitrogens with one attached hydrogen (secondary N) is 1. The van der Waals surface area contributed by atoms with Crippen molar-refractivity contribution in [1.82, 2.24) is 9.55 Å². The molecule has 4 rings (SSSR count). The number of ether oxygens (including phenoxy) is 1. The molecule has 2 heterocycles. The van der Waals surface area contributed by atoms with Gasteiger partial charge >= 0.3 is 0 Å². The van der Waals surface area contributed by atoms with Gasteiger partial charge in [0.15, 0.2) is 11.6 Å². The number of pyridine rings is 2. The van der Waals surface area contributed by atoms with Crippen LogP contribution in [0.1, 0.15) is 6.92 Å². The largest absolute Gasteiger partial charge is 0.454 e. The smallest absolute Gasteiger partial charge is 0.259 e. The molecule has 170 valence electrons. The van der Waals surface area contributed by atoms with Crippen molar-refractivity contribution in [3.63, 3.8) is 0 Å². The number of aryl methyl sites for hydroxylation is 1. The van der Waals surface area contributed by atoms with Crippen LogP contribution in [0.25, 0.3) is 21.9 Å². The highest BCUT2D eigenvalue weighted by molar-refractivity contribution is 7.92. The van der Waals surface area contributed by atoms with E-state index in [0.717, 1.165) is 12.1 Å². The monoisotopic (exact) mass is 471 g/mol. The number of anilines is 1. The molecule has 2 aromatic carbocycles. The number of nitrogens with zero attached hydrogens (tertiary/aromatic N) is 2. The number of aromatic nitrogens is 2. The fourth-order valence-corrected chi connectivity index (χ4v) is 3.98. The molecule has 0 amide bonds. The molecule has 10 heteroatoms. The van der Waals surface area contributed by atoms with Gasteiger partial charge in [-0.1, -0.05) is 0 Å². The van der Waals surface area contributed by atoms with Gasteiger partial charge in [-0.2, -0.15) is 0 Å². The summed E-state index contributed by atoms with van der Waals surface area (Å²) in [5.41, 5.74) is 0.915. The van der Waals surface area contributed by atoms with Gasteiger partial charge in [-0.15, -0.1) is 0 Å². The van der Waals surface area contributed by atoms with Crippen LogP contribution in [0.2, 0.25) is 0 Å². The first-order valence-corrected chi connectivity index (χ1v) is 11.5. The van der Waals surface area contributed by atoms with Gasteiger partial charge in [0.25, 0.3) is 5.56 Å². The summed E-state index contributed by atoms with van der Waals surface area (Å²) in [6, 6.07) is 9.05. The minimum Gasteiger partial charge on any atom is -0.454 e. The van der Waals surface area contributed by atoms with Crippen molar-refractivity contribution in [2.45, 2.75) is 6.92 Å².